The molecule has 5 heterocycles. The van der Waals surface area contributed by atoms with Gasteiger partial charge in [-0.1, -0.05) is 18.2 Å². The second-order valence-corrected chi connectivity index (χ2v) is 10.9. The van der Waals surface area contributed by atoms with Crippen LogP contribution in [0.2, 0.25) is 0 Å². The highest BCUT2D eigenvalue weighted by atomic mass is 32.2. The molecule has 8 nitrogen and oxygen atoms in total. The number of rotatable bonds is 7. The zero-order chi connectivity index (χ0) is 25.2. The van der Waals surface area contributed by atoms with Crippen LogP contribution in [0.1, 0.15) is 16.1 Å². The summed E-state index contributed by atoms with van der Waals surface area (Å²) in [5.74, 6) is 0.309. The second-order valence-electron chi connectivity index (χ2n) is 8.78. The van der Waals surface area contributed by atoms with Gasteiger partial charge in [-0.05, 0) is 30.3 Å². The summed E-state index contributed by atoms with van der Waals surface area (Å²) in [6.07, 6.45) is 3.56. The largest absolute Gasteiger partial charge is 0.379 e. The number of thiazole rings is 1. The van der Waals surface area contributed by atoms with Crippen LogP contribution in [-0.4, -0.2) is 64.6 Å². The third-order valence-corrected chi connectivity index (χ3v) is 8.55. The summed E-state index contributed by atoms with van der Waals surface area (Å²) < 4.78 is 8.34. The Morgan fingerprint density at radius 2 is 1.95 bits per heavy atom. The number of hydrogen-bond donors (Lipinski definition) is 1. The summed E-state index contributed by atoms with van der Waals surface area (Å²) >= 11 is 3.01. The number of pyridine rings is 3. The number of thioether (sulfide) groups is 1. The van der Waals surface area contributed by atoms with Crippen molar-refractivity contribution in [3.63, 3.8) is 0 Å². The van der Waals surface area contributed by atoms with Crippen molar-refractivity contribution in [1.82, 2.24) is 24.6 Å². The zero-order valence-electron chi connectivity index (χ0n) is 20.1. The Morgan fingerprint density at radius 1 is 1.11 bits per heavy atom. The van der Waals surface area contributed by atoms with E-state index in [2.05, 4.69) is 15.2 Å². The lowest BCUT2D eigenvalue weighted by Crippen LogP contribution is -2.42. The fraction of sp³-hybridized carbons (Fsp3) is 0.259. The first-order valence-electron chi connectivity index (χ1n) is 12.2. The van der Waals surface area contributed by atoms with Gasteiger partial charge in [0.05, 0.1) is 34.5 Å². The van der Waals surface area contributed by atoms with Crippen LogP contribution >= 0.6 is 23.1 Å². The lowest BCUT2D eigenvalue weighted by atomic mass is 10.1. The Labute approximate surface area is 221 Å². The number of nitrogens with zero attached hydrogens (tertiary/aromatic N) is 4. The maximum Gasteiger partial charge on any atom is 0.258 e. The molecular weight excluding hydrogens is 506 g/mol. The van der Waals surface area contributed by atoms with Crippen molar-refractivity contribution in [3.8, 4) is 0 Å². The number of amides is 1. The van der Waals surface area contributed by atoms with E-state index >= 15 is 0 Å². The molecule has 0 unspecified atom stereocenters. The SMILES string of the molecule is O=C(NCCN1CCOCC1)c1c(=O)c2cc(SCc3ccccn3)cnc2n2c1sc1ccccc12. The minimum Gasteiger partial charge on any atom is -0.379 e. The van der Waals surface area contributed by atoms with Gasteiger partial charge in [-0.25, -0.2) is 4.98 Å². The number of fused-ring (bicyclic) bond motifs is 5. The molecule has 1 aliphatic rings. The van der Waals surface area contributed by atoms with E-state index in [1.54, 1.807) is 24.2 Å². The first-order chi connectivity index (χ1) is 18.2. The number of carbonyl (C=O) groups excluding carboxylic acids is 1. The van der Waals surface area contributed by atoms with E-state index in [0.717, 1.165) is 40.4 Å². The van der Waals surface area contributed by atoms with Crippen molar-refractivity contribution in [3.05, 3.63) is 82.4 Å². The van der Waals surface area contributed by atoms with Crippen LogP contribution in [0.15, 0.2) is 70.6 Å². The smallest absolute Gasteiger partial charge is 0.258 e. The predicted octanol–water partition coefficient (Wildman–Crippen LogP) is 3.81. The maximum atomic E-state index is 13.8. The van der Waals surface area contributed by atoms with E-state index in [-0.39, 0.29) is 16.9 Å². The van der Waals surface area contributed by atoms with Gasteiger partial charge in [0.2, 0.25) is 5.43 Å². The highest BCUT2D eigenvalue weighted by Crippen LogP contribution is 2.32. The number of benzene rings is 1. The van der Waals surface area contributed by atoms with E-state index in [1.165, 1.54) is 11.3 Å². The fourth-order valence-corrected chi connectivity index (χ4v) is 6.53. The molecule has 1 aromatic carbocycles. The highest BCUT2D eigenvalue weighted by molar-refractivity contribution is 7.98. The third kappa shape index (κ3) is 4.85. The van der Waals surface area contributed by atoms with Gasteiger partial charge in [0.25, 0.3) is 5.91 Å². The molecule has 1 amide bonds. The van der Waals surface area contributed by atoms with Crippen molar-refractivity contribution < 1.29 is 9.53 Å². The van der Waals surface area contributed by atoms with Gasteiger partial charge in [-0.2, -0.15) is 0 Å². The van der Waals surface area contributed by atoms with Crippen molar-refractivity contribution in [2.24, 2.45) is 0 Å². The maximum absolute atomic E-state index is 13.8. The van der Waals surface area contributed by atoms with Crippen LogP contribution in [0.3, 0.4) is 0 Å². The molecular formula is C27H25N5O3S2. The Kier molecular flexibility index (Phi) is 6.88. The van der Waals surface area contributed by atoms with Gasteiger partial charge in [-0.15, -0.1) is 23.1 Å². The van der Waals surface area contributed by atoms with E-state index < -0.39 is 0 Å². The summed E-state index contributed by atoms with van der Waals surface area (Å²) in [6.45, 7) is 4.28. The molecule has 0 bridgehead atoms. The van der Waals surface area contributed by atoms with Crippen molar-refractivity contribution >= 4 is 55.1 Å². The standard InChI is InChI=1S/C27H25N5O3S2/c33-24-20-15-19(36-17-18-5-3-4-8-28-18)16-30-25(20)32-21-6-1-2-7-22(21)37-27(32)23(24)26(34)29-9-10-31-11-13-35-14-12-31/h1-8,15-16H,9-14,17H2,(H,29,34). The lowest BCUT2D eigenvalue weighted by Gasteiger charge is -2.26. The average Bonchev–Trinajstić information content (AvgIpc) is 3.32. The highest BCUT2D eigenvalue weighted by Gasteiger charge is 2.23. The van der Waals surface area contributed by atoms with Crippen molar-refractivity contribution in [2.45, 2.75) is 10.6 Å². The lowest BCUT2D eigenvalue weighted by molar-refractivity contribution is 0.0383. The molecule has 1 fully saturated rings. The van der Waals surface area contributed by atoms with Crippen LogP contribution in [0.5, 0.6) is 0 Å². The van der Waals surface area contributed by atoms with Gasteiger partial charge in [0.15, 0.2) is 0 Å². The molecule has 188 valence electrons. The molecule has 5 aromatic rings. The molecule has 1 saturated heterocycles. The summed E-state index contributed by atoms with van der Waals surface area (Å²) in [7, 11) is 0. The summed E-state index contributed by atoms with van der Waals surface area (Å²) in [6, 6.07) is 15.6. The van der Waals surface area contributed by atoms with Gasteiger partial charge >= 0.3 is 0 Å². The normalized spacial score (nSPS) is 14.5. The quantitative estimate of drug-likeness (QED) is 0.320. The molecule has 0 spiro atoms. The first kappa shape index (κ1) is 24.1. The molecule has 1 N–H and O–H groups in total. The molecule has 0 radical (unpaired) electrons. The van der Waals surface area contributed by atoms with E-state index in [0.29, 0.717) is 41.4 Å². The first-order valence-corrected chi connectivity index (χ1v) is 14.0. The van der Waals surface area contributed by atoms with E-state index in [1.807, 2.05) is 52.9 Å². The molecule has 4 aromatic heterocycles. The minimum atomic E-state index is -0.351. The van der Waals surface area contributed by atoms with Crippen LogP contribution in [0, 0.1) is 0 Å². The number of para-hydroxylation sites is 1. The van der Waals surface area contributed by atoms with Crippen molar-refractivity contribution in [1.29, 1.82) is 0 Å². The summed E-state index contributed by atoms with van der Waals surface area (Å²) in [4.78, 5) is 40.0. The number of aromatic nitrogens is 3. The molecule has 1 aliphatic heterocycles. The molecule has 0 atom stereocenters. The number of nitrogens with one attached hydrogen (secondary N) is 1. The Morgan fingerprint density at radius 3 is 2.78 bits per heavy atom. The molecule has 37 heavy (non-hydrogen) atoms. The molecule has 0 saturated carbocycles. The Hall–Kier alpha value is -3.31. The van der Waals surface area contributed by atoms with E-state index in [9.17, 15) is 9.59 Å². The van der Waals surface area contributed by atoms with Gasteiger partial charge in [0, 0.05) is 49.2 Å². The number of carbonyl (C=O) groups is 1. The topological polar surface area (TPSA) is 88.8 Å². The van der Waals surface area contributed by atoms with Gasteiger partial charge in [-0.3, -0.25) is 23.9 Å². The Balaban J connectivity index is 1.39. The number of ether oxygens (including phenoxy) is 1. The summed E-state index contributed by atoms with van der Waals surface area (Å²) in [5.41, 5.74) is 2.31. The second kappa shape index (κ2) is 10.6. The fourth-order valence-electron chi connectivity index (χ4n) is 4.54. The monoisotopic (exact) mass is 531 g/mol. The van der Waals surface area contributed by atoms with Crippen LogP contribution < -0.4 is 10.7 Å². The minimum absolute atomic E-state index is 0.171. The van der Waals surface area contributed by atoms with Gasteiger partial charge in [0.1, 0.15) is 16.0 Å². The zero-order valence-corrected chi connectivity index (χ0v) is 21.7. The molecule has 10 heteroatoms. The van der Waals surface area contributed by atoms with Crippen LogP contribution in [0.25, 0.3) is 26.1 Å². The van der Waals surface area contributed by atoms with Crippen LogP contribution in [0.4, 0.5) is 0 Å². The van der Waals surface area contributed by atoms with E-state index in [4.69, 9.17) is 9.72 Å². The summed E-state index contributed by atoms with van der Waals surface area (Å²) in [5, 5.41) is 3.42. The predicted molar refractivity (Wildman–Crippen MR) is 148 cm³/mol. The number of morpholine rings is 1. The van der Waals surface area contributed by atoms with Crippen LogP contribution in [-0.2, 0) is 10.5 Å². The van der Waals surface area contributed by atoms with Crippen molar-refractivity contribution in [2.75, 3.05) is 39.4 Å². The number of hydrogen-bond acceptors (Lipinski definition) is 8. The Bertz CT molecular complexity index is 1640. The third-order valence-electron chi connectivity index (χ3n) is 6.41. The molecule has 0 aliphatic carbocycles. The molecule has 6 rings (SSSR count). The van der Waals surface area contributed by atoms with Gasteiger partial charge < -0.3 is 10.1 Å². The average molecular weight is 532 g/mol.